The van der Waals surface area contributed by atoms with E-state index in [1.807, 2.05) is 0 Å². The van der Waals surface area contributed by atoms with Crippen molar-refractivity contribution in [2.24, 2.45) is 5.41 Å². The minimum atomic E-state index is -9.34. The SMILES string of the molecule is Cc1ccc(OCCCCOCC(CCCCCC(F)(F)C(F)(F)C(F)(F)C(F)(F)C(F)(F)C(F)(F)C(F)(F)C(F)(F)F)(CCCCCC(F)(F)C(F)(F)C(F)(F)C(F)(F)C(F)(F)C(F)(F)C(F)(F)C(F)(F)F)CCC(F)(F)C(F)(F)C(F)(F)C(F)(F)C(F)(F)C(F)(F)C(F)(F)C(F)(F)F)cc1. The van der Waals surface area contributed by atoms with E-state index < -0.39 is 252 Å². The smallest absolute Gasteiger partial charge is 0.460 e. The van der Waals surface area contributed by atoms with Gasteiger partial charge in [-0.3, -0.25) is 0 Å². The van der Waals surface area contributed by atoms with E-state index in [1.54, 1.807) is 0 Å². The number of ether oxygens (including phenoxy) is 2. The van der Waals surface area contributed by atoms with Crippen LogP contribution in [-0.4, -0.2) is 163 Å². The second-order valence-corrected chi connectivity index (χ2v) is 22.5. The largest absolute Gasteiger partial charge is 0.494 e. The fraction of sp³-hybridized carbons (Fsp3) is 0.878. The highest BCUT2D eigenvalue weighted by Gasteiger charge is 2.98. The van der Waals surface area contributed by atoms with Crippen molar-refractivity contribution in [2.75, 3.05) is 19.8 Å². The Morgan fingerprint density at radius 3 is 0.686 bits per heavy atom. The molecule has 0 fully saturated rings. The second kappa shape index (κ2) is 28.9. The molecular weight excluding hydrogens is 1590 g/mol. The maximum Gasteiger partial charge on any atom is 0.460 e. The lowest BCUT2D eigenvalue weighted by Gasteiger charge is -2.43. The maximum atomic E-state index is 15.5. The van der Waals surface area contributed by atoms with Crippen LogP contribution < -0.4 is 4.74 Å². The van der Waals surface area contributed by atoms with Crippen LogP contribution in [0.5, 0.6) is 5.75 Å². The van der Waals surface area contributed by atoms with Gasteiger partial charge in [0.15, 0.2) is 0 Å². The average Bonchev–Trinajstić information content (AvgIpc) is 0.707. The molecule has 1 aromatic rings. The summed E-state index contributed by atoms with van der Waals surface area (Å²) >= 11 is 0. The molecule has 0 unspecified atom stereocenters. The molecule has 0 radical (unpaired) electrons. The Bertz CT molecular complexity index is 2750. The molecule has 0 bridgehead atoms. The highest BCUT2D eigenvalue weighted by molar-refractivity contribution is 5.26. The van der Waals surface area contributed by atoms with E-state index in [0.29, 0.717) is 5.56 Å². The van der Waals surface area contributed by atoms with Gasteiger partial charge in [-0.05, 0) is 69.4 Å². The molecule has 0 aliphatic carbocycles. The van der Waals surface area contributed by atoms with Gasteiger partial charge in [0, 0.05) is 25.9 Å². The molecule has 102 heavy (non-hydrogen) atoms. The Kier molecular flexibility index (Phi) is 27.0. The second-order valence-electron chi connectivity index (χ2n) is 22.5. The van der Waals surface area contributed by atoms with E-state index >= 15 is 17.6 Å². The summed E-state index contributed by atoms with van der Waals surface area (Å²) in [4.78, 5) is 0. The molecule has 0 N–H and O–H groups in total. The average molecular weight is 1630 g/mol. The van der Waals surface area contributed by atoms with Crippen LogP contribution >= 0.6 is 0 Å². The number of hydrogen-bond acceptors (Lipinski definition) is 2. The van der Waals surface area contributed by atoms with Gasteiger partial charge in [-0.2, -0.15) is 224 Å². The molecule has 0 atom stereocenters. The molecule has 0 saturated carbocycles. The van der Waals surface area contributed by atoms with Crippen LogP contribution in [0.15, 0.2) is 24.3 Å². The molecule has 2 nitrogen and oxygen atoms in total. The minimum Gasteiger partial charge on any atom is -0.494 e. The summed E-state index contributed by atoms with van der Waals surface area (Å²) in [5, 5.41) is 0. The summed E-state index contributed by atoms with van der Waals surface area (Å²) in [6.07, 6.45) is -54.4. The summed E-state index contributed by atoms with van der Waals surface area (Å²) in [6, 6.07) is 5.35. The van der Waals surface area contributed by atoms with Crippen LogP contribution in [0.25, 0.3) is 0 Å². The predicted molar refractivity (Wildman–Crippen MR) is 237 cm³/mol. The number of benzene rings is 1. The maximum absolute atomic E-state index is 15.5. The molecule has 0 spiro atoms. The zero-order valence-corrected chi connectivity index (χ0v) is 48.9. The lowest BCUT2D eigenvalue weighted by Crippen LogP contribution is -2.74. The molecule has 0 heterocycles. The van der Waals surface area contributed by atoms with Crippen LogP contribution in [0.4, 0.5) is 224 Å². The zero-order valence-electron chi connectivity index (χ0n) is 48.9. The first-order valence-electron chi connectivity index (χ1n) is 26.8. The van der Waals surface area contributed by atoms with Gasteiger partial charge in [0.25, 0.3) is 0 Å². The Labute approximate surface area is 534 Å². The minimum absolute atomic E-state index is 0.0244. The summed E-state index contributed by atoms with van der Waals surface area (Å²) in [5.74, 6) is -184. The third-order valence-electron chi connectivity index (χ3n) is 15.1. The van der Waals surface area contributed by atoms with Crippen molar-refractivity contribution in [2.45, 2.75) is 240 Å². The first kappa shape index (κ1) is 95.4. The van der Waals surface area contributed by atoms with Crippen molar-refractivity contribution in [1.29, 1.82) is 0 Å². The van der Waals surface area contributed by atoms with Gasteiger partial charge in [-0.15, -0.1) is 0 Å². The third-order valence-corrected chi connectivity index (χ3v) is 15.1. The Morgan fingerprint density at radius 2 is 0.431 bits per heavy atom. The van der Waals surface area contributed by atoms with Gasteiger partial charge in [-0.1, -0.05) is 43.4 Å². The molecular formula is C49H41F51O2. The predicted octanol–water partition coefficient (Wildman–Crippen LogP) is 23.9. The molecule has 1 aromatic carbocycles. The molecule has 53 heteroatoms. The van der Waals surface area contributed by atoms with Gasteiger partial charge in [0.1, 0.15) is 5.75 Å². The zero-order chi connectivity index (χ0) is 81.9. The summed E-state index contributed by atoms with van der Waals surface area (Å²) in [6.45, 7) is -1.96. The molecule has 0 amide bonds. The fourth-order valence-corrected chi connectivity index (χ4v) is 8.54. The molecule has 0 aliphatic heterocycles. The van der Waals surface area contributed by atoms with Crippen molar-refractivity contribution < 1.29 is 233 Å². The van der Waals surface area contributed by atoms with Crippen molar-refractivity contribution >= 4 is 0 Å². The molecule has 606 valence electrons. The molecule has 0 aliphatic rings. The van der Waals surface area contributed by atoms with E-state index in [0.717, 1.165) is 0 Å². The summed E-state index contributed by atoms with van der Waals surface area (Å²) in [5.41, 5.74) is -2.80. The Morgan fingerprint density at radius 1 is 0.216 bits per heavy atom. The van der Waals surface area contributed by atoms with Crippen LogP contribution in [-0.2, 0) is 4.74 Å². The van der Waals surface area contributed by atoms with Crippen LogP contribution in [0.2, 0.25) is 0 Å². The summed E-state index contributed by atoms with van der Waals surface area (Å²) in [7, 11) is 0. The highest BCUT2D eigenvalue weighted by Crippen LogP contribution is 2.69. The van der Waals surface area contributed by atoms with Gasteiger partial charge in [0.2, 0.25) is 0 Å². The number of halogens is 51. The van der Waals surface area contributed by atoms with Crippen molar-refractivity contribution in [3.05, 3.63) is 29.8 Å². The van der Waals surface area contributed by atoms with E-state index in [1.165, 1.54) is 31.2 Å². The fourth-order valence-electron chi connectivity index (χ4n) is 8.54. The van der Waals surface area contributed by atoms with Crippen LogP contribution in [0.1, 0.15) is 95.5 Å². The Hall–Kier alpha value is -4.59. The number of aryl methyl sites for hydroxylation is 1. The van der Waals surface area contributed by atoms with E-state index in [-0.39, 0.29) is 12.2 Å². The molecule has 0 aromatic heterocycles. The first-order chi connectivity index (χ1) is 44.3. The number of hydrogen-bond donors (Lipinski definition) is 0. The Balaban J connectivity index is 4.17. The first-order valence-corrected chi connectivity index (χ1v) is 26.8. The van der Waals surface area contributed by atoms with Crippen LogP contribution in [0.3, 0.4) is 0 Å². The van der Waals surface area contributed by atoms with E-state index in [2.05, 4.69) is 0 Å². The van der Waals surface area contributed by atoms with Crippen molar-refractivity contribution in [1.82, 2.24) is 0 Å². The summed E-state index contributed by atoms with van der Waals surface area (Å²) < 4.78 is 722. The lowest BCUT2D eigenvalue weighted by atomic mass is 9.73. The monoisotopic (exact) mass is 1630 g/mol. The highest BCUT2D eigenvalue weighted by atomic mass is 19.5. The van der Waals surface area contributed by atoms with Crippen molar-refractivity contribution in [3.63, 3.8) is 0 Å². The molecule has 0 saturated heterocycles. The number of rotatable bonds is 41. The van der Waals surface area contributed by atoms with Gasteiger partial charge in [0.05, 0.1) is 13.2 Å². The lowest BCUT2D eigenvalue weighted by molar-refractivity contribution is -0.462. The van der Waals surface area contributed by atoms with Gasteiger partial charge < -0.3 is 9.47 Å². The van der Waals surface area contributed by atoms with E-state index in [9.17, 15) is 206 Å². The number of unbranched alkanes of at least 4 members (excludes halogenated alkanes) is 5. The molecule has 1 rings (SSSR count). The quantitative estimate of drug-likeness (QED) is 0.0481. The van der Waals surface area contributed by atoms with Gasteiger partial charge >= 0.3 is 143 Å². The van der Waals surface area contributed by atoms with Crippen molar-refractivity contribution in [3.8, 4) is 5.75 Å². The topological polar surface area (TPSA) is 18.5 Å². The normalized spacial score (nSPS) is 16.2. The third kappa shape index (κ3) is 15.7. The van der Waals surface area contributed by atoms with E-state index in [4.69, 9.17) is 9.47 Å². The standard InChI is InChI=1S/C49H41F51O2/c1-23-10-12-24(13-11-23)102-21-9-8-20-101-22-25(18-19-28(54,55)31(60,61)34(66,67)37(72,73)40(78,79)43(84,85)46(90,91)49(98,99)100,14-4-2-6-16-26(50,51)29(56,57)32(62,63)35(68,69)38(74,75)41(80,81)44(86,87)47(92,93)94)15-5-3-7-17-27(52,53)30(58,59)33(64,65)36(70,71)39(76,77)42(82,83)45(88,89)48(95,96)97/h10-13H,2-9,14-22H2,1H3. The van der Waals surface area contributed by atoms with Crippen LogP contribution in [0, 0.1) is 12.3 Å². The van der Waals surface area contributed by atoms with Gasteiger partial charge in [-0.25, -0.2) is 0 Å². The number of alkyl halides is 51.